The summed E-state index contributed by atoms with van der Waals surface area (Å²) < 4.78 is 0.641. The molecule has 0 aromatic carbocycles. The second-order valence-electron chi connectivity index (χ2n) is 3.41. The number of nitrogens with zero attached hydrogens (tertiary/aromatic N) is 1. The molecule has 0 aliphatic carbocycles. The van der Waals surface area contributed by atoms with Crippen molar-refractivity contribution in [3.63, 3.8) is 0 Å². The Labute approximate surface area is 93.6 Å². The Morgan fingerprint density at radius 3 is 2.93 bits per heavy atom. The molecule has 0 saturated carbocycles. The lowest BCUT2D eigenvalue weighted by Gasteiger charge is -2.03. The van der Waals surface area contributed by atoms with Crippen molar-refractivity contribution >= 4 is 12.2 Å². The lowest BCUT2D eigenvalue weighted by Crippen LogP contribution is -1.96. The van der Waals surface area contributed by atoms with Crippen LogP contribution in [-0.2, 0) is 6.42 Å². The Bertz CT molecular complexity index is 485. The molecule has 0 saturated heterocycles. The molecule has 0 spiro atoms. The fourth-order valence-corrected chi connectivity index (χ4v) is 1.73. The highest BCUT2D eigenvalue weighted by atomic mass is 32.1. The first-order valence-electron chi connectivity index (χ1n) is 5.03. The molecular weight excluding hydrogens is 206 g/mol. The second-order valence-corrected chi connectivity index (χ2v) is 3.83. The Morgan fingerprint density at radius 2 is 2.27 bits per heavy atom. The van der Waals surface area contributed by atoms with E-state index in [1.165, 1.54) is 0 Å². The van der Waals surface area contributed by atoms with E-state index in [0.717, 1.165) is 30.1 Å². The SMILES string of the molecule is CCCc1nc(=S)cc(-c2ccc[nH]2)[nH]1. The molecule has 78 valence electrons. The molecule has 2 N–H and O–H groups in total. The molecule has 2 heterocycles. The molecule has 0 unspecified atom stereocenters. The Hall–Kier alpha value is -1.42. The molecule has 2 aromatic heterocycles. The van der Waals surface area contributed by atoms with Crippen LogP contribution < -0.4 is 0 Å². The van der Waals surface area contributed by atoms with E-state index >= 15 is 0 Å². The average molecular weight is 219 g/mol. The van der Waals surface area contributed by atoms with Gasteiger partial charge in [0, 0.05) is 18.7 Å². The van der Waals surface area contributed by atoms with Crippen molar-refractivity contribution in [2.75, 3.05) is 0 Å². The Morgan fingerprint density at radius 1 is 1.40 bits per heavy atom. The summed E-state index contributed by atoms with van der Waals surface area (Å²) in [6.07, 6.45) is 3.89. The van der Waals surface area contributed by atoms with Gasteiger partial charge in [-0.2, -0.15) is 0 Å². The molecule has 0 bridgehead atoms. The van der Waals surface area contributed by atoms with Gasteiger partial charge in [0.15, 0.2) is 0 Å². The maximum atomic E-state index is 5.13. The van der Waals surface area contributed by atoms with Gasteiger partial charge in [0.05, 0.1) is 11.4 Å². The van der Waals surface area contributed by atoms with E-state index in [4.69, 9.17) is 12.2 Å². The van der Waals surface area contributed by atoms with Crippen LogP contribution in [0.15, 0.2) is 24.4 Å². The van der Waals surface area contributed by atoms with Crippen molar-refractivity contribution < 1.29 is 0 Å². The van der Waals surface area contributed by atoms with Gasteiger partial charge in [-0.05, 0) is 18.6 Å². The molecule has 0 amide bonds. The van der Waals surface area contributed by atoms with E-state index in [1.54, 1.807) is 0 Å². The highest BCUT2D eigenvalue weighted by molar-refractivity contribution is 7.71. The summed E-state index contributed by atoms with van der Waals surface area (Å²) in [5.41, 5.74) is 2.05. The van der Waals surface area contributed by atoms with Crippen molar-refractivity contribution in [3.8, 4) is 11.4 Å². The van der Waals surface area contributed by atoms with E-state index in [2.05, 4.69) is 21.9 Å². The number of aryl methyl sites for hydroxylation is 1. The van der Waals surface area contributed by atoms with Gasteiger partial charge in [-0.3, -0.25) is 0 Å². The minimum atomic E-state index is 0.641. The van der Waals surface area contributed by atoms with Crippen molar-refractivity contribution in [1.82, 2.24) is 15.0 Å². The van der Waals surface area contributed by atoms with E-state index in [0.29, 0.717) is 4.64 Å². The van der Waals surface area contributed by atoms with Gasteiger partial charge >= 0.3 is 0 Å². The fraction of sp³-hybridized carbons (Fsp3) is 0.273. The number of aromatic nitrogens is 3. The predicted octanol–water partition coefficient (Wildman–Crippen LogP) is 3.09. The molecule has 15 heavy (non-hydrogen) atoms. The van der Waals surface area contributed by atoms with Crippen LogP contribution in [-0.4, -0.2) is 15.0 Å². The van der Waals surface area contributed by atoms with Crippen molar-refractivity contribution in [3.05, 3.63) is 34.9 Å². The summed E-state index contributed by atoms with van der Waals surface area (Å²) in [6.45, 7) is 2.12. The smallest absolute Gasteiger partial charge is 0.130 e. The molecular formula is C11H13N3S. The largest absolute Gasteiger partial charge is 0.360 e. The first kappa shape index (κ1) is 10.1. The summed E-state index contributed by atoms with van der Waals surface area (Å²) in [4.78, 5) is 10.7. The molecule has 0 atom stereocenters. The number of hydrogen-bond donors (Lipinski definition) is 2. The molecule has 4 heteroatoms. The van der Waals surface area contributed by atoms with Crippen LogP contribution in [0.3, 0.4) is 0 Å². The van der Waals surface area contributed by atoms with Crippen LogP contribution in [0.1, 0.15) is 19.2 Å². The van der Waals surface area contributed by atoms with E-state index in [9.17, 15) is 0 Å². The third-order valence-electron chi connectivity index (χ3n) is 2.17. The van der Waals surface area contributed by atoms with Crippen LogP contribution in [0.4, 0.5) is 0 Å². The Kier molecular flexibility index (Phi) is 2.97. The lowest BCUT2D eigenvalue weighted by atomic mass is 10.2. The summed E-state index contributed by atoms with van der Waals surface area (Å²) in [5, 5.41) is 0. The highest BCUT2D eigenvalue weighted by Gasteiger charge is 2.01. The van der Waals surface area contributed by atoms with E-state index in [1.807, 2.05) is 24.4 Å². The van der Waals surface area contributed by atoms with Crippen molar-refractivity contribution in [2.45, 2.75) is 19.8 Å². The van der Waals surface area contributed by atoms with Crippen LogP contribution in [0.5, 0.6) is 0 Å². The maximum absolute atomic E-state index is 5.13. The number of hydrogen-bond acceptors (Lipinski definition) is 2. The summed E-state index contributed by atoms with van der Waals surface area (Å²) in [6, 6.07) is 5.85. The first-order valence-corrected chi connectivity index (χ1v) is 5.44. The van der Waals surface area contributed by atoms with Crippen molar-refractivity contribution in [2.24, 2.45) is 0 Å². The molecule has 2 rings (SSSR count). The van der Waals surface area contributed by atoms with Crippen LogP contribution in [0.25, 0.3) is 11.4 Å². The number of nitrogens with one attached hydrogen (secondary N) is 2. The maximum Gasteiger partial charge on any atom is 0.130 e. The second kappa shape index (κ2) is 4.40. The monoisotopic (exact) mass is 219 g/mol. The van der Waals surface area contributed by atoms with Crippen LogP contribution in [0.2, 0.25) is 0 Å². The quantitative estimate of drug-likeness (QED) is 0.779. The van der Waals surface area contributed by atoms with E-state index in [-0.39, 0.29) is 0 Å². The van der Waals surface area contributed by atoms with Crippen molar-refractivity contribution in [1.29, 1.82) is 0 Å². The van der Waals surface area contributed by atoms with Gasteiger partial charge in [0.25, 0.3) is 0 Å². The number of rotatable bonds is 3. The minimum absolute atomic E-state index is 0.641. The average Bonchev–Trinajstić information content (AvgIpc) is 2.70. The minimum Gasteiger partial charge on any atom is -0.360 e. The van der Waals surface area contributed by atoms with Crippen LogP contribution in [0, 0.1) is 4.64 Å². The fourth-order valence-electron chi connectivity index (χ4n) is 1.51. The first-order chi connectivity index (χ1) is 7.29. The van der Waals surface area contributed by atoms with Gasteiger partial charge in [0.2, 0.25) is 0 Å². The molecule has 0 aliphatic rings. The molecule has 0 radical (unpaired) electrons. The molecule has 3 nitrogen and oxygen atoms in total. The predicted molar refractivity (Wildman–Crippen MR) is 63.2 cm³/mol. The molecule has 2 aromatic rings. The van der Waals surface area contributed by atoms with Gasteiger partial charge in [0.1, 0.15) is 10.5 Å². The Balaban J connectivity index is 2.44. The van der Waals surface area contributed by atoms with Gasteiger partial charge in [-0.1, -0.05) is 19.1 Å². The zero-order chi connectivity index (χ0) is 10.7. The highest BCUT2D eigenvalue weighted by Crippen LogP contribution is 2.14. The third kappa shape index (κ3) is 2.33. The third-order valence-corrected chi connectivity index (χ3v) is 2.38. The number of H-pyrrole nitrogens is 2. The van der Waals surface area contributed by atoms with Gasteiger partial charge < -0.3 is 9.97 Å². The summed E-state index contributed by atoms with van der Waals surface area (Å²) >= 11 is 5.13. The normalized spacial score (nSPS) is 10.5. The van der Waals surface area contributed by atoms with Gasteiger partial charge in [-0.15, -0.1) is 0 Å². The van der Waals surface area contributed by atoms with Crippen LogP contribution >= 0.6 is 12.2 Å². The number of aromatic amines is 2. The molecule has 0 fully saturated rings. The van der Waals surface area contributed by atoms with E-state index < -0.39 is 0 Å². The lowest BCUT2D eigenvalue weighted by molar-refractivity contribution is 0.832. The van der Waals surface area contributed by atoms with Gasteiger partial charge in [-0.25, -0.2) is 4.98 Å². The summed E-state index contributed by atoms with van der Waals surface area (Å²) in [5.74, 6) is 0.953. The zero-order valence-corrected chi connectivity index (χ0v) is 9.40. The molecule has 0 aliphatic heterocycles. The topological polar surface area (TPSA) is 44.5 Å². The zero-order valence-electron chi connectivity index (χ0n) is 8.58. The standard InChI is InChI=1S/C11H13N3S/c1-2-4-10-13-9(7-11(15)14-10)8-5-3-6-12-8/h3,5-7,12H,2,4H2,1H3,(H,13,14,15). The summed E-state index contributed by atoms with van der Waals surface area (Å²) in [7, 11) is 0.